The van der Waals surface area contributed by atoms with Gasteiger partial charge in [0.1, 0.15) is 10.1 Å². The molecule has 0 saturated heterocycles. The molecule has 1 amide bonds. The third-order valence-corrected chi connectivity index (χ3v) is 3.57. The van der Waals surface area contributed by atoms with Gasteiger partial charge in [-0.25, -0.2) is 8.42 Å². The number of nitrogens with one attached hydrogen (secondary N) is 1. The van der Waals surface area contributed by atoms with Crippen molar-refractivity contribution in [1.29, 1.82) is 0 Å². The Kier molecular flexibility index (Phi) is 10.3. The molecule has 0 radical (unpaired) electrons. The van der Waals surface area contributed by atoms with Gasteiger partial charge in [0, 0.05) is 24.2 Å². The summed E-state index contributed by atoms with van der Waals surface area (Å²) in [5.41, 5.74) is 0.0467. The summed E-state index contributed by atoms with van der Waals surface area (Å²) in [6.45, 7) is 0. The van der Waals surface area contributed by atoms with Crippen molar-refractivity contribution < 1.29 is 56.9 Å². The van der Waals surface area contributed by atoms with Crippen LogP contribution in [0.4, 0.5) is 5.69 Å². The zero-order valence-corrected chi connectivity index (χ0v) is 16.5. The molecule has 0 heterocycles. The van der Waals surface area contributed by atoms with Gasteiger partial charge in [-0.2, -0.15) is 0 Å². The molecular weight excluding hydrogens is 380 g/mol. The fourth-order valence-corrected chi connectivity index (χ4v) is 2.21. The number of alkyl halides is 2. The van der Waals surface area contributed by atoms with Crippen molar-refractivity contribution in [3.8, 4) is 5.75 Å². The number of esters is 1. The largest absolute Gasteiger partial charge is 1.00 e. The molecule has 11 heteroatoms. The second kappa shape index (κ2) is 10.5. The summed E-state index contributed by atoms with van der Waals surface area (Å²) in [5, 5.41) is 2.41. The van der Waals surface area contributed by atoms with Crippen molar-refractivity contribution in [2.24, 2.45) is 0 Å². The molecule has 0 spiro atoms. The standard InChI is InChI=1S/C12H13Cl2NO6S.Na/c13-5-3-11(16)15-9-2-1-8(22(18,19)20)7-10(9)21-12(17)4-6-14;/h1-2,7H,3-6H2,(H,15,16)(H,18,19,20);/q;+1/p-1. The molecule has 0 aliphatic rings. The molecule has 7 nitrogen and oxygen atoms in total. The Balaban J connectivity index is 0.00000484. The monoisotopic (exact) mass is 391 g/mol. The van der Waals surface area contributed by atoms with E-state index in [0.717, 1.165) is 18.2 Å². The molecule has 23 heavy (non-hydrogen) atoms. The summed E-state index contributed by atoms with van der Waals surface area (Å²) in [5.74, 6) is -1.35. The van der Waals surface area contributed by atoms with Gasteiger partial charge >= 0.3 is 35.5 Å². The first-order chi connectivity index (χ1) is 10.3. The Morgan fingerprint density at radius 1 is 1.17 bits per heavy atom. The van der Waals surface area contributed by atoms with Crippen molar-refractivity contribution >= 4 is 50.9 Å². The van der Waals surface area contributed by atoms with Crippen LogP contribution in [0.2, 0.25) is 0 Å². The van der Waals surface area contributed by atoms with Crippen molar-refractivity contribution in [2.75, 3.05) is 17.1 Å². The van der Waals surface area contributed by atoms with Crippen LogP contribution < -0.4 is 39.6 Å². The SMILES string of the molecule is O=C(CCCl)Nc1ccc(S(=O)(=O)[O-])cc1OC(=O)CCCl.[Na+]. The molecule has 0 aliphatic heterocycles. The molecule has 0 aliphatic carbocycles. The molecule has 0 saturated carbocycles. The molecule has 0 bridgehead atoms. The van der Waals surface area contributed by atoms with Gasteiger partial charge in [0.25, 0.3) is 0 Å². The summed E-state index contributed by atoms with van der Waals surface area (Å²) in [7, 11) is -4.73. The Bertz CT molecular complexity index is 668. The van der Waals surface area contributed by atoms with E-state index >= 15 is 0 Å². The average Bonchev–Trinajstić information content (AvgIpc) is 2.40. The number of carbonyl (C=O) groups is 2. The number of hydrogen-bond acceptors (Lipinski definition) is 6. The van der Waals surface area contributed by atoms with Gasteiger partial charge in [-0.3, -0.25) is 9.59 Å². The molecule has 0 fully saturated rings. The van der Waals surface area contributed by atoms with Crippen LogP contribution in [-0.2, 0) is 19.7 Å². The van der Waals surface area contributed by atoms with E-state index in [9.17, 15) is 22.6 Å². The zero-order chi connectivity index (χ0) is 16.8. The van der Waals surface area contributed by atoms with E-state index in [1.165, 1.54) is 0 Å². The molecule has 0 aromatic heterocycles. The van der Waals surface area contributed by atoms with E-state index in [4.69, 9.17) is 27.9 Å². The van der Waals surface area contributed by atoms with Gasteiger partial charge in [-0.15, -0.1) is 23.2 Å². The third kappa shape index (κ3) is 7.84. The number of ether oxygens (including phenoxy) is 1. The molecule has 1 rings (SSSR count). The van der Waals surface area contributed by atoms with Crippen LogP contribution in [-0.4, -0.2) is 36.6 Å². The van der Waals surface area contributed by atoms with Crippen molar-refractivity contribution in [2.45, 2.75) is 17.7 Å². The van der Waals surface area contributed by atoms with Gasteiger partial charge in [0.05, 0.1) is 17.0 Å². The quantitative estimate of drug-likeness (QED) is 0.203. The maximum absolute atomic E-state index is 11.5. The van der Waals surface area contributed by atoms with Crippen molar-refractivity contribution in [3.63, 3.8) is 0 Å². The van der Waals surface area contributed by atoms with Gasteiger partial charge < -0.3 is 14.6 Å². The number of amides is 1. The molecule has 1 N–H and O–H groups in total. The molecule has 1 aromatic carbocycles. The van der Waals surface area contributed by atoms with E-state index in [-0.39, 0.29) is 65.6 Å². The van der Waals surface area contributed by atoms with E-state index in [0.29, 0.717) is 0 Å². The van der Waals surface area contributed by atoms with Crippen LogP contribution in [0.5, 0.6) is 5.75 Å². The molecule has 0 unspecified atom stereocenters. The fraction of sp³-hybridized carbons (Fsp3) is 0.333. The van der Waals surface area contributed by atoms with Gasteiger partial charge in [-0.1, -0.05) is 0 Å². The van der Waals surface area contributed by atoms with Crippen LogP contribution in [0.25, 0.3) is 0 Å². The van der Waals surface area contributed by atoms with E-state index in [1.54, 1.807) is 0 Å². The van der Waals surface area contributed by atoms with Crippen LogP contribution in [0, 0.1) is 0 Å². The van der Waals surface area contributed by atoms with Gasteiger partial charge in [-0.05, 0) is 12.1 Å². The summed E-state index contributed by atoms with van der Waals surface area (Å²) >= 11 is 10.8. The minimum absolute atomic E-state index is 0. The number of anilines is 1. The Labute approximate surface area is 165 Å². The molecule has 0 atom stereocenters. The minimum Gasteiger partial charge on any atom is -0.744 e. The molecule has 122 valence electrons. The first-order valence-electron chi connectivity index (χ1n) is 6.00. The van der Waals surface area contributed by atoms with E-state index in [1.807, 2.05) is 0 Å². The number of halogens is 2. The normalized spacial score (nSPS) is 10.6. The average molecular weight is 392 g/mol. The van der Waals surface area contributed by atoms with E-state index in [2.05, 4.69) is 5.32 Å². The summed E-state index contributed by atoms with van der Waals surface area (Å²) in [6, 6.07) is 3.02. The topological polar surface area (TPSA) is 113 Å². The second-order valence-electron chi connectivity index (χ2n) is 4.01. The van der Waals surface area contributed by atoms with E-state index < -0.39 is 26.9 Å². The Morgan fingerprint density at radius 2 is 1.78 bits per heavy atom. The first-order valence-corrected chi connectivity index (χ1v) is 8.48. The summed E-state index contributed by atoms with van der Waals surface area (Å²) in [6.07, 6.45) is -0.108. The zero-order valence-electron chi connectivity index (χ0n) is 12.2. The molecule has 1 aromatic rings. The number of hydrogen-bond donors (Lipinski definition) is 1. The number of carbonyl (C=O) groups excluding carboxylic acids is 2. The predicted molar refractivity (Wildman–Crippen MR) is 79.3 cm³/mol. The van der Waals surface area contributed by atoms with Crippen molar-refractivity contribution in [1.82, 2.24) is 0 Å². The second-order valence-corrected chi connectivity index (χ2v) is 6.15. The third-order valence-electron chi connectivity index (χ3n) is 2.36. The Hall–Kier alpha value is -0.350. The number of rotatable bonds is 7. The molecular formula is C12H12Cl2NNaO6S. The van der Waals surface area contributed by atoms with Gasteiger partial charge in [0.2, 0.25) is 5.91 Å². The fourth-order valence-electron chi connectivity index (χ4n) is 1.40. The Morgan fingerprint density at radius 3 is 2.30 bits per heavy atom. The maximum atomic E-state index is 11.5. The van der Waals surface area contributed by atoms with Crippen molar-refractivity contribution in [3.05, 3.63) is 18.2 Å². The first kappa shape index (κ1) is 22.6. The summed E-state index contributed by atoms with van der Waals surface area (Å²) in [4.78, 5) is 22.4. The van der Waals surface area contributed by atoms with Crippen LogP contribution in [0.1, 0.15) is 12.8 Å². The smallest absolute Gasteiger partial charge is 0.744 e. The maximum Gasteiger partial charge on any atom is 1.00 e. The van der Waals surface area contributed by atoms with Crippen LogP contribution in [0.15, 0.2) is 23.1 Å². The van der Waals surface area contributed by atoms with Crippen LogP contribution in [0.3, 0.4) is 0 Å². The summed E-state index contributed by atoms with van der Waals surface area (Å²) < 4.78 is 38.0. The minimum atomic E-state index is -4.73. The predicted octanol–water partition coefficient (Wildman–Crippen LogP) is -1.30. The van der Waals surface area contributed by atoms with Crippen LogP contribution >= 0.6 is 23.2 Å². The van der Waals surface area contributed by atoms with Gasteiger partial charge in [0.15, 0.2) is 5.75 Å². The number of benzene rings is 1.